The summed E-state index contributed by atoms with van der Waals surface area (Å²) in [6, 6.07) is 1.31. The summed E-state index contributed by atoms with van der Waals surface area (Å²) < 4.78 is 4.71. The predicted molar refractivity (Wildman–Crippen MR) is 93.1 cm³/mol. The lowest BCUT2D eigenvalue weighted by molar-refractivity contribution is 0.190. The smallest absolute Gasteiger partial charge is 0.212 e. The maximum absolute atomic E-state index is 11.9. The highest BCUT2D eigenvalue weighted by Gasteiger charge is 2.62. The van der Waals surface area contributed by atoms with Crippen LogP contribution in [-0.2, 0) is 0 Å². The lowest BCUT2D eigenvalue weighted by Gasteiger charge is -2.50. The van der Waals surface area contributed by atoms with Gasteiger partial charge in [0.2, 0.25) is 0 Å². The summed E-state index contributed by atoms with van der Waals surface area (Å²) in [4.78, 5) is 11.9. The maximum Gasteiger partial charge on any atom is 0.292 e. The monoisotopic (exact) mass is 305 g/mol. The average Bonchev–Trinajstić information content (AvgIpc) is 2.11. The van der Waals surface area contributed by atoms with Crippen molar-refractivity contribution in [3.8, 4) is 0 Å². The Labute approximate surface area is 128 Å². The van der Waals surface area contributed by atoms with E-state index >= 15 is 0 Å². The molecule has 0 fully saturated rings. The summed E-state index contributed by atoms with van der Waals surface area (Å²) in [5, 5.41) is -0.157. The first-order valence-corrected chi connectivity index (χ1v) is 9.62. The fourth-order valence-corrected chi connectivity index (χ4v) is 7.49. The molecule has 0 saturated heterocycles. The minimum atomic E-state index is -2.43. The van der Waals surface area contributed by atoms with Crippen molar-refractivity contribution < 1.29 is 4.89 Å². The standard InChI is InChI=1S/C16H38N2OP/c1-12(2)17(13(3)4)20(19,16(9,10)11)18(14(5)6)15(7)8/h12-15,19H,1-11H3/q+1. The Hall–Kier alpha value is 0.310. The maximum atomic E-state index is 11.9. The van der Waals surface area contributed by atoms with Crippen LogP contribution in [-0.4, -0.2) is 43.6 Å². The first-order valence-electron chi connectivity index (χ1n) is 7.98. The predicted octanol–water partition coefficient (Wildman–Crippen LogP) is 4.78. The minimum Gasteiger partial charge on any atom is -0.212 e. The van der Waals surface area contributed by atoms with Crippen molar-refractivity contribution in [2.45, 2.75) is 105 Å². The van der Waals surface area contributed by atoms with Crippen LogP contribution in [0.15, 0.2) is 0 Å². The molecule has 4 heteroatoms. The van der Waals surface area contributed by atoms with Gasteiger partial charge in [0.1, 0.15) is 5.16 Å². The Kier molecular flexibility index (Phi) is 7.16. The minimum absolute atomic E-state index is 0.157. The second kappa shape index (κ2) is 7.05. The molecule has 0 heterocycles. The molecule has 0 atom stereocenters. The summed E-state index contributed by atoms with van der Waals surface area (Å²) in [5.74, 6) is 0. The summed E-state index contributed by atoms with van der Waals surface area (Å²) >= 11 is 0. The quantitative estimate of drug-likeness (QED) is 0.716. The summed E-state index contributed by atoms with van der Waals surface area (Å²) in [5.41, 5.74) is 0. The van der Waals surface area contributed by atoms with Gasteiger partial charge in [0, 0.05) is 24.2 Å². The van der Waals surface area contributed by atoms with Crippen LogP contribution >= 0.6 is 7.79 Å². The van der Waals surface area contributed by atoms with Crippen LogP contribution in [0.5, 0.6) is 0 Å². The molecule has 20 heavy (non-hydrogen) atoms. The Bertz CT molecular complexity index is 259. The Morgan fingerprint density at radius 1 is 0.650 bits per heavy atom. The van der Waals surface area contributed by atoms with E-state index in [4.69, 9.17) is 0 Å². The van der Waals surface area contributed by atoms with Crippen molar-refractivity contribution in [2.24, 2.45) is 0 Å². The number of rotatable bonds is 6. The fourth-order valence-electron chi connectivity index (χ4n) is 3.29. The van der Waals surface area contributed by atoms with Gasteiger partial charge in [-0.05, 0) is 76.2 Å². The zero-order valence-corrected chi connectivity index (χ0v) is 16.5. The normalized spacial score (nSPS) is 14.7. The molecule has 0 radical (unpaired) electrons. The van der Waals surface area contributed by atoms with E-state index in [1.54, 1.807) is 0 Å². The lowest BCUT2D eigenvalue weighted by Crippen LogP contribution is -2.53. The second-order valence-electron chi connectivity index (χ2n) is 7.87. The van der Waals surface area contributed by atoms with Gasteiger partial charge < -0.3 is 0 Å². The van der Waals surface area contributed by atoms with Gasteiger partial charge in [-0.2, -0.15) is 0 Å². The van der Waals surface area contributed by atoms with Gasteiger partial charge in [0.25, 0.3) is 7.79 Å². The van der Waals surface area contributed by atoms with E-state index in [0.29, 0.717) is 24.2 Å². The largest absolute Gasteiger partial charge is 0.292 e. The topological polar surface area (TPSA) is 26.7 Å². The third-order valence-electron chi connectivity index (χ3n) is 3.66. The zero-order chi connectivity index (χ0) is 16.5. The molecule has 0 aliphatic heterocycles. The zero-order valence-electron chi connectivity index (χ0n) is 15.6. The highest BCUT2D eigenvalue weighted by Crippen LogP contribution is 2.72. The fraction of sp³-hybridized carbons (Fsp3) is 1.00. The summed E-state index contributed by atoms with van der Waals surface area (Å²) in [7, 11) is -2.43. The van der Waals surface area contributed by atoms with E-state index in [1.165, 1.54) is 0 Å². The molecule has 122 valence electrons. The van der Waals surface area contributed by atoms with Crippen molar-refractivity contribution in [3.63, 3.8) is 0 Å². The van der Waals surface area contributed by atoms with E-state index in [1.807, 2.05) is 0 Å². The number of nitrogens with zero attached hydrogens (tertiary/aromatic N) is 2. The third kappa shape index (κ3) is 3.94. The van der Waals surface area contributed by atoms with Gasteiger partial charge in [-0.3, -0.25) is 0 Å². The molecule has 0 spiro atoms. The van der Waals surface area contributed by atoms with Gasteiger partial charge in [-0.25, -0.2) is 4.89 Å². The molecule has 0 aromatic rings. The highest BCUT2D eigenvalue weighted by atomic mass is 31.2. The molecule has 0 unspecified atom stereocenters. The van der Waals surface area contributed by atoms with Crippen LogP contribution in [0.1, 0.15) is 76.2 Å². The van der Waals surface area contributed by atoms with E-state index in [0.717, 1.165) is 0 Å². The van der Waals surface area contributed by atoms with E-state index in [-0.39, 0.29) is 5.16 Å². The van der Waals surface area contributed by atoms with Crippen LogP contribution in [0.2, 0.25) is 0 Å². The highest BCUT2D eigenvalue weighted by molar-refractivity contribution is 7.67. The molecule has 0 aliphatic carbocycles. The van der Waals surface area contributed by atoms with Crippen molar-refractivity contribution in [2.75, 3.05) is 0 Å². The molecule has 3 nitrogen and oxygen atoms in total. The summed E-state index contributed by atoms with van der Waals surface area (Å²) in [6.07, 6.45) is 0. The molecular formula is C16H38N2OP+. The van der Waals surface area contributed by atoms with Crippen LogP contribution in [0.4, 0.5) is 0 Å². The van der Waals surface area contributed by atoms with Gasteiger partial charge in [0.05, 0.1) is 0 Å². The second-order valence-corrected chi connectivity index (χ2v) is 11.3. The van der Waals surface area contributed by atoms with Gasteiger partial charge in [-0.1, -0.05) is 0 Å². The molecule has 1 N–H and O–H groups in total. The van der Waals surface area contributed by atoms with E-state index in [2.05, 4.69) is 85.5 Å². The molecular weight excluding hydrogens is 267 g/mol. The number of hydrogen-bond donors (Lipinski definition) is 1. The number of hydrogen-bond acceptors (Lipinski definition) is 3. The first kappa shape index (κ1) is 20.3. The van der Waals surface area contributed by atoms with E-state index in [9.17, 15) is 4.89 Å². The van der Waals surface area contributed by atoms with Crippen molar-refractivity contribution in [1.29, 1.82) is 0 Å². The molecule has 0 rings (SSSR count). The molecule has 0 aromatic carbocycles. The van der Waals surface area contributed by atoms with Gasteiger partial charge in [0.15, 0.2) is 0 Å². The SMILES string of the molecule is CC(C)N(C(C)C)[P+](O)(N(C(C)C)C(C)C)C(C)(C)C. The molecule has 0 bridgehead atoms. The molecule has 0 saturated carbocycles. The first-order chi connectivity index (χ1) is 8.78. The van der Waals surface area contributed by atoms with Crippen molar-refractivity contribution in [3.05, 3.63) is 0 Å². The van der Waals surface area contributed by atoms with Crippen LogP contribution < -0.4 is 0 Å². The van der Waals surface area contributed by atoms with Crippen molar-refractivity contribution >= 4 is 7.79 Å². The molecule has 0 aliphatic rings. The Balaban J connectivity index is 6.09. The lowest BCUT2D eigenvalue weighted by atomic mass is 10.3. The average molecular weight is 305 g/mol. The van der Waals surface area contributed by atoms with E-state index < -0.39 is 7.79 Å². The van der Waals surface area contributed by atoms with Crippen molar-refractivity contribution in [1.82, 2.24) is 9.34 Å². The molecule has 0 amide bonds. The van der Waals surface area contributed by atoms with Crippen LogP contribution in [0, 0.1) is 0 Å². The third-order valence-corrected chi connectivity index (χ3v) is 8.60. The van der Waals surface area contributed by atoms with Gasteiger partial charge >= 0.3 is 0 Å². The van der Waals surface area contributed by atoms with Crippen LogP contribution in [0.3, 0.4) is 0 Å². The van der Waals surface area contributed by atoms with Gasteiger partial charge in [-0.15, -0.1) is 9.34 Å². The summed E-state index contributed by atoms with van der Waals surface area (Å²) in [6.45, 7) is 24.1. The molecule has 0 aromatic heterocycles. The Morgan fingerprint density at radius 3 is 0.950 bits per heavy atom. The Morgan fingerprint density at radius 2 is 0.850 bits per heavy atom. The van der Waals surface area contributed by atoms with Crippen LogP contribution in [0.25, 0.3) is 0 Å².